The highest BCUT2D eigenvalue weighted by molar-refractivity contribution is 5.87. The van der Waals surface area contributed by atoms with Gasteiger partial charge >= 0.3 is 0 Å². The minimum absolute atomic E-state index is 0.0222. The number of aromatic nitrogens is 2. The van der Waals surface area contributed by atoms with E-state index in [0.717, 1.165) is 0 Å². The van der Waals surface area contributed by atoms with Crippen LogP contribution in [0.2, 0.25) is 0 Å². The molecule has 0 bridgehead atoms. The third-order valence-electron chi connectivity index (χ3n) is 3.42. The fourth-order valence-electron chi connectivity index (χ4n) is 2.39. The first kappa shape index (κ1) is 13.0. The zero-order valence-electron chi connectivity index (χ0n) is 10.4. The molecular weight excluding hydrogens is 266 g/mol. The van der Waals surface area contributed by atoms with Gasteiger partial charge in [0.2, 0.25) is 0 Å². The molecule has 3 atom stereocenters. The number of rotatable bonds is 3. The minimum atomic E-state index is -0.771. The Labute approximate surface area is 113 Å². The third-order valence-corrected chi connectivity index (χ3v) is 3.42. The Hall–Kier alpha value is -2.03. The number of ether oxygens (including phenoxy) is 1. The topological polar surface area (TPSA) is 111 Å². The van der Waals surface area contributed by atoms with Crippen molar-refractivity contribution in [3.8, 4) is 0 Å². The Morgan fingerprint density at radius 3 is 3.00 bits per heavy atom. The van der Waals surface area contributed by atoms with Gasteiger partial charge in [0.1, 0.15) is 6.10 Å². The van der Waals surface area contributed by atoms with Crippen LogP contribution in [0.4, 0.5) is 5.69 Å². The van der Waals surface area contributed by atoms with E-state index in [1.165, 1.54) is 16.9 Å². The standard InChI is InChI=1S/C12H13N3O5/c16-6-11-10(17)4-12(20-11)14-5-7-8(13-14)2-1-3-9(7)15(18)19/h1-3,5,10-12,16-17H,4,6H2/t10-,11+,12+/m0/s1. The fraction of sp³-hybridized carbons (Fsp3) is 0.417. The summed E-state index contributed by atoms with van der Waals surface area (Å²) in [5.74, 6) is 0. The lowest BCUT2D eigenvalue weighted by molar-refractivity contribution is -0.383. The number of aliphatic hydroxyl groups excluding tert-OH is 2. The molecule has 2 aromatic rings. The van der Waals surface area contributed by atoms with E-state index in [2.05, 4.69) is 5.10 Å². The molecule has 1 aromatic heterocycles. The summed E-state index contributed by atoms with van der Waals surface area (Å²) in [5, 5.41) is 34.4. The molecule has 0 radical (unpaired) electrons. The number of aliphatic hydroxyl groups is 2. The van der Waals surface area contributed by atoms with E-state index in [1.807, 2.05) is 0 Å². The summed E-state index contributed by atoms with van der Waals surface area (Å²) in [5.41, 5.74) is 0.468. The summed E-state index contributed by atoms with van der Waals surface area (Å²) < 4.78 is 6.92. The molecule has 0 spiro atoms. The molecule has 8 nitrogen and oxygen atoms in total. The smallest absolute Gasteiger partial charge is 0.280 e. The molecule has 8 heteroatoms. The van der Waals surface area contributed by atoms with Gasteiger partial charge in [-0.25, -0.2) is 4.68 Å². The first-order chi connectivity index (χ1) is 9.60. The van der Waals surface area contributed by atoms with Crippen LogP contribution in [0.1, 0.15) is 12.6 Å². The molecule has 106 valence electrons. The average molecular weight is 279 g/mol. The molecule has 0 aliphatic carbocycles. The van der Waals surface area contributed by atoms with Gasteiger partial charge in [-0.1, -0.05) is 6.07 Å². The van der Waals surface area contributed by atoms with Crippen LogP contribution >= 0.6 is 0 Å². The first-order valence-corrected chi connectivity index (χ1v) is 6.17. The van der Waals surface area contributed by atoms with Crippen molar-refractivity contribution in [3.05, 3.63) is 34.5 Å². The van der Waals surface area contributed by atoms with Crippen molar-refractivity contribution < 1.29 is 19.9 Å². The normalized spacial score (nSPS) is 26.2. The van der Waals surface area contributed by atoms with Crippen LogP contribution in [0.15, 0.2) is 24.4 Å². The summed E-state index contributed by atoms with van der Waals surface area (Å²) in [6, 6.07) is 4.65. The average Bonchev–Trinajstić information content (AvgIpc) is 3.00. The second-order valence-electron chi connectivity index (χ2n) is 4.69. The van der Waals surface area contributed by atoms with Gasteiger partial charge < -0.3 is 14.9 Å². The van der Waals surface area contributed by atoms with Crippen molar-refractivity contribution in [2.75, 3.05) is 6.61 Å². The summed E-state index contributed by atoms with van der Waals surface area (Å²) in [4.78, 5) is 10.5. The van der Waals surface area contributed by atoms with E-state index in [1.54, 1.807) is 12.1 Å². The Kier molecular flexibility index (Phi) is 3.13. The van der Waals surface area contributed by atoms with Crippen molar-refractivity contribution in [1.29, 1.82) is 0 Å². The van der Waals surface area contributed by atoms with E-state index < -0.39 is 23.4 Å². The Morgan fingerprint density at radius 1 is 1.55 bits per heavy atom. The van der Waals surface area contributed by atoms with E-state index in [9.17, 15) is 15.2 Å². The van der Waals surface area contributed by atoms with Gasteiger partial charge in [0, 0.05) is 18.7 Å². The van der Waals surface area contributed by atoms with Gasteiger partial charge in [-0.2, -0.15) is 5.10 Å². The van der Waals surface area contributed by atoms with E-state index >= 15 is 0 Å². The Balaban J connectivity index is 1.98. The van der Waals surface area contributed by atoms with E-state index in [-0.39, 0.29) is 18.7 Å². The Morgan fingerprint density at radius 2 is 2.35 bits per heavy atom. The number of nitro groups is 1. The van der Waals surface area contributed by atoms with Crippen LogP contribution in [0.25, 0.3) is 10.9 Å². The summed E-state index contributed by atoms with van der Waals surface area (Å²) in [7, 11) is 0. The van der Waals surface area contributed by atoms with Crippen LogP contribution in [0.5, 0.6) is 0 Å². The number of hydrogen-bond acceptors (Lipinski definition) is 6. The van der Waals surface area contributed by atoms with Crippen LogP contribution in [-0.4, -0.2) is 43.7 Å². The lowest BCUT2D eigenvalue weighted by Gasteiger charge is -2.11. The van der Waals surface area contributed by atoms with Gasteiger partial charge in [-0.05, 0) is 6.07 Å². The highest BCUT2D eigenvalue weighted by Crippen LogP contribution is 2.31. The van der Waals surface area contributed by atoms with Crippen molar-refractivity contribution >= 4 is 16.6 Å². The number of non-ortho nitro benzene ring substituents is 1. The SMILES string of the molecule is O=[N+]([O-])c1cccc2nn([C@H]3C[C@H](O)[C@@H](CO)O3)cc12. The lowest BCUT2D eigenvalue weighted by Crippen LogP contribution is -2.24. The molecule has 1 aromatic carbocycles. The zero-order chi connectivity index (χ0) is 14.3. The molecule has 0 amide bonds. The molecule has 1 fully saturated rings. The second-order valence-corrected chi connectivity index (χ2v) is 4.69. The molecule has 1 aliphatic heterocycles. The van der Waals surface area contributed by atoms with Crippen molar-refractivity contribution in [2.24, 2.45) is 0 Å². The molecule has 0 unspecified atom stereocenters. The maximum atomic E-state index is 11.0. The molecule has 1 aliphatic rings. The van der Waals surface area contributed by atoms with E-state index in [4.69, 9.17) is 9.84 Å². The molecule has 20 heavy (non-hydrogen) atoms. The number of benzene rings is 1. The molecule has 2 heterocycles. The lowest BCUT2D eigenvalue weighted by atomic mass is 10.2. The Bertz CT molecular complexity index is 656. The second kappa shape index (κ2) is 4.82. The zero-order valence-corrected chi connectivity index (χ0v) is 10.4. The highest BCUT2D eigenvalue weighted by Gasteiger charge is 2.35. The van der Waals surface area contributed by atoms with Crippen molar-refractivity contribution in [2.45, 2.75) is 24.9 Å². The predicted molar refractivity (Wildman–Crippen MR) is 68.0 cm³/mol. The summed E-state index contributed by atoms with van der Waals surface area (Å²) >= 11 is 0. The maximum absolute atomic E-state index is 11.0. The maximum Gasteiger partial charge on any atom is 0.280 e. The molecule has 3 rings (SSSR count). The monoisotopic (exact) mass is 279 g/mol. The third kappa shape index (κ3) is 2.03. The van der Waals surface area contributed by atoms with Crippen molar-refractivity contribution in [1.82, 2.24) is 9.78 Å². The van der Waals surface area contributed by atoms with Gasteiger partial charge in [0.15, 0.2) is 6.23 Å². The van der Waals surface area contributed by atoms with Gasteiger partial charge in [-0.3, -0.25) is 10.1 Å². The number of hydrogen-bond donors (Lipinski definition) is 2. The summed E-state index contributed by atoms with van der Waals surface area (Å²) in [6.45, 7) is -0.279. The minimum Gasteiger partial charge on any atom is -0.394 e. The number of nitrogens with zero attached hydrogens (tertiary/aromatic N) is 3. The van der Waals surface area contributed by atoms with Gasteiger partial charge in [0.25, 0.3) is 5.69 Å². The van der Waals surface area contributed by atoms with Gasteiger partial charge in [-0.15, -0.1) is 0 Å². The van der Waals surface area contributed by atoms with E-state index in [0.29, 0.717) is 10.9 Å². The quantitative estimate of drug-likeness (QED) is 0.628. The van der Waals surface area contributed by atoms with Crippen LogP contribution in [0, 0.1) is 10.1 Å². The largest absolute Gasteiger partial charge is 0.394 e. The predicted octanol–water partition coefficient (Wildman–Crippen LogP) is 0.585. The molecular formula is C12H13N3O5. The van der Waals surface area contributed by atoms with Crippen LogP contribution in [-0.2, 0) is 4.74 Å². The van der Waals surface area contributed by atoms with Crippen LogP contribution < -0.4 is 0 Å². The molecule has 1 saturated heterocycles. The summed E-state index contributed by atoms with van der Waals surface area (Å²) in [6.07, 6.45) is -0.138. The number of fused-ring (bicyclic) bond motifs is 1. The fourth-order valence-corrected chi connectivity index (χ4v) is 2.39. The van der Waals surface area contributed by atoms with Crippen molar-refractivity contribution in [3.63, 3.8) is 0 Å². The molecule has 0 saturated carbocycles. The number of nitro benzene ring substituents is 1. The molecule has 2 N–H and O–H groups in total. The van der Waals surface area contributed by atoms with Gasteiger partial charge in [0.05, 0.1) is 28.5 Å². The highest BCUT2D eigenvalue weighted by atomic mass is 16.6. The first-order valence-electron chi connectivity index (χ1n) is 6.17. The van der Waals surface area contributed by atoms with Crippen LogP contribution in [0.3, 0.4) is 0 Å².